The standard InChI is InChI=1S/C18H27NO4/c1-17(2,3)23-16(20)19-12-6-7-15(19)18(4,21)13-8-10-14(22-5)11-9-13/h8-11,15,21H,6-7,12H2,1-5H3. The lowest BCUT2D eigenvalue weighted by atomic mass is 9.86. The van der Waals surface area contributed by atoms with Gasteiger partial charge in [-0.1, -0.05) is 12.1 Å². The smallest absolute Gasteiger partial charge is 0.410 e. The molecular formula is C18H27NO4. The van der Waals surface area contributed by atoms with Crippen LogP contribution < -0.4 is 4.74 Å². The number of carbonyl (C=O) groups excluding carboxylic acids is 1. The summed E-state index contributed by atoms with van der Waals surface area (Å²) in [7, 11) is 1.61. The summed E-state index contributed by atoms with van der Waals surface area (Å²) in [6.07, 6.45) is 1.24. The summed E-state index contributed by atoms with van der Waals surface area (Å²) in [5.41, 5.74) is -0.922. The lowest BCUT2D eigenvalue weighted by Gasteiger charge is -2.37. The highest BCUT2D eigenvalue weighted by Gasteiger charge is 2.43. The molecule has 2 rings (SSSR count). The zero-order valence-corrected chi connectivity index (χ0v) is 14.6. The molecule has 1 aliphatic heterocycles. The van der Waals surface area contributed by atoms with Crippen LogP contribution in [-0.2, 0) is 10.3 Å². The number of aliphatic hydroxyl groups is 1. The number of amides is 1. The maximum Gasteiger partial charge on any atom is 0.410 e. The van der Waals surface area contributed by atoms with E-state index in [-0.39, 0.29) is 12.1 Å². The van der Waals surface area contributed by atoms with Crippen molar-refractivity contribution in [1.29, 1.82) is 0 Å². The van der Waals surface area contributed by atoms with Gasteiger partial charge >= 0.3 is 6.09 Å². The van der Waals surface area contributed by atoms with Crippen molar-refractivity contribution in [1.82, 2.24) is 4.90 Å². The first-order valence-corrected chi connectivity index (χ1v) is 8.01. The largest absolute Gasteiger partial charge is 0.497 e. The van der Waals surface area contributed by atoms with Crippen molar-refractivity contribution in [3.05, 3.63) is 29.8 Å². The first-order valence-electron chi connectivity index (χ1n) is 8.01. The molecule has 1 fully saturated rings. The van der Waals surface area contributed by atoms with E-state index in [1.807, 2.05) is 45.0 Å². The Morgan fingerprint density at radius 2 is 1.83 bits per heavy atom. The van der Waals surface area contributed by atoms with Crippen molar-refractivity contribution in [3.8, 4) is 5.75 Å². The van der Waals surface area contributed by atoms with Crippen molar-refractivity contribution < 1.29 is 19.4 Å². The van der Waals surface area contributed by atoms with Gasteiger partial charge in [-0.2, -0.15) is 0 Å². The second-order valence-corrected chi connectivity index (χ2v) is 7.21. The molecule has 0 radical (unpaired) electrons. The van der Waals surface area contributed by atoms with Gasteiger partial charge in [-0.3, -0.25) is 0 Å². The van der Waals surface area contributed by atoms with Gasteiger partial charge in [-0.15, -0.1) is 0 Å². The number of methoxy groups -OCH3 is 1. The minimum Gasteiger partial charge on any atom is -0.497 e. The van der Waals surface area contributed by atoms with Crippen molar-refractivity contribution in [2.24, 2.45) is 0 Å². The van der Waals surface area contributed by atoms with Crippen LogP contribution in [0.1, 0.15) is 46.1 Å². The van der Waals surface area contributed by atoms with Gasteiger partial charge in [0.15, 0.2) is 0 Å². The number of ether oxygens (including phenoxy) is 2. The molecule has 0 saturated carbocycles. The highest BCUT2D eigenvalue weighted by atomic mass is 16.6. The van der Waals surface area contributed by atoms with E-state index < -0.39 is 11.2 Å². The molecule has 1 aliphatic rings. The van der Waals surface area contributed by atoms with Gasteiger partial charge in [-0.25, -0.2) is 4.79 Å². The highest BCUT2D eigenvalue weighted by molar-refractivity contribution is 5.69. The quantitative estimate of drug-likeness (QED) is 0.928. The fourth-order valence-corrected chi connectivity index (χ4v) is 3.01. The van der Waals surface area contributed by atoms with Crippen LogP contribution in [0.3, 0.4) is 0 Å². The van der Waals surface area contributed by atoms with E-state index in [0.717, 1.165) is 24.2 Å². The van der Waals surface area contributed by atoms with E-state index >= 15 is 0 Å². The second kappa shape index (κ2) is 6.40. The summed E-state index contributed by atoms with van der Waals surface area (Å²) in [4.78, 5) is 14.1. The van der Waals surface area contributed by atoms with Gasteiger partial charge in [0, 0.05) is 6.54 Å². The average molecular weight is 321 g/mol. The summed E-state index contributed by atoms with van der Waals surface area (Å²) >= 11 is 0. The van der Waals surface area contributed by atoms with E-state index in [4.69, 9.17) is 9.47 Å². The number of hydrogen-bond acceptors (Lipinski definition) is 4. The van der Waals surface area contributed by atoms with Crippen molar-refractivity contribution in [3.63, 3.8) is 0 Å². The molecule has 1 amide bonds. The van der Waals surface area contributed by atoms with E-state index in [0.29, 0.717) is 6.54 Å². The predicted molar refractivity (Wildman–Crippen MR) is 88.5 cm³/mol. The number of benzene rings is 1. The highest BCUT2D eigenvalue weighted by Crippen LogP contribution is 2.36. The van der Waals surface area contributed by atoms with Crippen LogP contribution in [0.15, 0.2) is 24.3 Å². The van der Waals surface area contributed by atoms with E-state index in [9.17, 15) is 9.90 Å². The molecule has 0 aromatic heterocycles. The van der Waals surface area contributed by atoms with Crippen molar-refractivity contribution in [2.45, 2.75) is 57.8 Å². The fraction of sp³-hybridized carbons (Fsp3) is 0.611. The van der Waals surface area contributed by atoms with Gasteiger partial charge in [0.25, 0.3) is 0 Å². The third kappa shape index (κ3) is 3.96. The summed E-state index contributed by atoms with van der Waals surface area (Å²) in [6, 6.07) is 7.01. The summed E-state index contributed by atoms with van der Waals surface area (Å²) in [5, 5.41) is 11.1. The molecule has 0 bridgehead atoms. The third-order valence-electron chi connectivity index (χ3n) is 4.20. The second-order valence-electron chi connectivity index (χ2n) is 7.21. The van der Waals surface area contributed by atoms with Gasteiger partial charge in [0.1, 0.15) is 17.0 Å². The average Bonchev–Trinajstić information content (AvgIpc) is 2.96. The normalized spacial score (nSPS) is 21.0. The molecule has 2 atom stereocenters. The summed E-state index contributed by atoms with van der Waals surface area (Å²) in [5.74, 6) is 0.736. The molecule has 2 unspecified atom stereocenters. The zero-order valence-electron chi connectivity index (χ0n) is 14.6. The number of rotatable bonds is 3. The molecule has 0 spiro atoms. The first kappa shape index (κ1) is 17.6. The number of carbonyl (C=O) groups is 1. The summed E-state index contributed by atoms with van der Waals surface area (Å²) < 4.78 is 10.6. The Morgan fingerprint density at radius 3 is 2.35 bits per heavy atom. The number of hydrogen-bond donors (Lipinski definition) is 1. The van der Waals surface area contributed by atoms with E-state index in [1.165, 1.54) is 0 Å². The Hall–Kier alpha value is -1.75. The molecule has 1 aromatic carbocycles. The number of likely N-dealkylation sites (tertiary alicyclic amines) is 1. The van der Waals surface area contributed by atoms with Crippen LogP contribution >= 0.6 is 0 Å². The van der Waals surface area contributed by atoms with Crippen LogP contribution in [0.2, 0.25) is 0 Å². The monoisotopic (exact) mass is 321 g/mol. The molecule has 5 heteroatoms. The van der Waals surface area contributed by atoms with Crippen molar-refractivity contribution in [2.75, 3.05) is 13.7 Å². The zero-order chi connectivity index (χ0) is 17.3. The van der Waals surface area contributed by atoms with Crippen LogP contribution in [0.4, 0.5) is 4.79 Å². The lowest BCUT2D eigenvalue weighted by molar-refractivity contribution is -0.0370. The Kier molecular flexibility index (Phi) is 4.90. The predicted octanol–water partition coefficient (Wildman–Crippen LogP) is 3.30. The van der Waals surface area contributed by atoms with Gasteiger partial charge < -0.3 is 19.5 Å². The van der Waals surface area contributed by atoms with Crippen LogP contribution in [-0.4, -0.2) is 41.4 Å². The molecule has 1 saturated heterocycles. The van der Waals surface area contributed by atoms with Crippen molar-refractivity contribution >= 4 is 6.09 Å². The molecule has 1 heterocycles. The Labute approximate surface area is 138 Å². The van der Waals surface area contributed by atoms with Gasteiger partial charge in [-0.05, 0) is 58.2 Å². The Balaban J connectivity index is 2.21. The minimum atomic E-state index is -1.14. The van der Waals surface area contributed by atoms with Gasteiger partial charge in [0.05, 0.1) is 13.2 Å². The van der Waals surface area contributed by atoms with Gasteiger partial charge in [0.2, 0.25) is 0 Å². The topological polar surface area (TPSA) is 59.0 Å². The Morgan fingerprint density at radius 1 is 1.22 bits per heavy atom. The fourth-order valence-electron chi connectivity index (χ4n) is 3.01. The lowest BCUT2D eigenvalue weighted by Crippen LogP contribution is -2.49. The van der Waals surface area contributed by atoms with Crippen LogP contribution in [0.5, 0.6) is 5.75 Å². The molecule has 1 N–H and O–H groups in total. The molecule has 1 aromatic rings. The molecule has 23 heavy (non-hydrogen) atoms. The third-order valence-corrected chi connectivity index (χ3v) is 4.20. The number of nitrogens with zero attached hydrogens (tertiary/aromatic N) is 1. The molecular weight excluding hydrogens is 294 g/mol. The van der Waals surface area contributed by atoms with E-state index in [1.54, 1.807) is 18.9 Å². The Bertz CT molecular complexity index is 545. The first-order chi connectivity index (χ1) is 10.6. The molecule has 128 valence electrons. The van der Waals surface area contributed by atoms with E-state index in [2.05, 4.69) is 0 Å². The van der Waals surface area contributed by atoms with Crippen LogP contribution in [0, 0.1) is 0 Å². The molecule has 0 aliphatic carbocycles. The maximum atomic E-state index is 12.4. The maximum absolute atomic E-state index is 12.4. The summed E-state index contributed by atoms with van der Waals surface area (Å²) in [6.45, 7) is 7.89. The molecule has 5 nitrogen and oxygen atoms in total. The minimum absolute atomic E-state index is 0.300. The van der Waals surface area contributed by atoms with Crippen LogP contribution in [0.25, 0.3) is 0 Å². The SMILES string of the molecule is COc1ccc(C(C)(O)C2CCCN2C(=O)OC(C)(C)C)cc1.